The molecular formula is C23H21ClF2N2O6S. The molecule has 0 spiro atoms. The van der Waals surface area contributed by atoms with E-state index in [1.807, 2.05) is 0 Å². The van der Waals surface area contributed by atoms with Gasteiger partial charge < -0.3 is 25.7 Å². The van der Waals surface area contributed by atoms with Crippen LogP contribution < -0.4 is 16.2 Å². The predicted molar refractivity (Wildman–Crippen MR) is 125 cm³/mol. The molecule has 35 heavy (non-hydrogen) atoms. The van der Waals surface area contributed by atoms with Gasteiger partial charge in [-0.25, -0.2) is 13.6 Å². The summed E-state index contributed by atoms with van der Waals surface area (Å²) in [6.45, 7) is 2.32. The molecule has 0 saturated carbocycles. The fraction of sp³-hybridized carbons (Fsp3) is 0.261. The van der Waals surface area contributed by atoms with Crippen LogP contribution in [-0.4, -0.2) is 30.7 Å². The van der Waals surface area contributed by atoms with Crippen LogP contribution in [0.3, 0.4) is 0 Å². The molecule has 0 aliphatic carbocycles. The van der Waals surface area contributed by atoms with Crippen LogP contribution in [0.25, 0.3) is 10.1 Å². The topological polar surface area (TPSA) is 131 Å². The van der Waals surface area contributed by atoms with Crippen molar-refractivity contribution in [2.45, 2.75) is 26.5 Å². The maximum absolute atomic E-state index is 14.4. The number of fused-ring (bicyclic) bond motifs is 1. The van der Waals surface area contributed by atoms with Crippen molar-refractivity contribution in [1.29, 1.82) is 0 Å². The standard InChI is InChI=1S/C23H21ClF2N2O6S/c1-10(2)18(27)22(30)33-9-34-23(31)20-12(17-13(24)4-3-5-16(17)35-20)8-32-19-14(25)6-11(21(28)29)7-15(19)26/h3-7,10,18H,8-9,27H2,1-2H3,(H2,28,29)/t18-/m0/s1. The van der Waals surface area contributed by atoms with Gasteiger partial charge in [0.2, 0.25) is 12.7 Å². The van der Waals surface area contributed by atoms with Crippen molar-refractivity contribution in [3.05, 3.63) is 63.0 Å². The highest BCUT2D eigenvalue weighted by atomic mass is 35.5. The normalized spacial score (nSPS) is 12.0. The van der Waals surface area contributed by atoms with E-state index in [1.54, 1.807) is 32.0 Å². The molecule has 2 aromatic carbocycles. The molecule has 1 amide bonds. The van der Waals surface area contributed by atoms with E-state index in [0.717, 1.165) is 23.5 Å². The van der Waals surface area contributed by atoms with Crippen molar-refractivity contribution in [1.82, 2.24) is 0 Å². The number of rotatable bonds is 9. The largest absolute Gasteiger partial charge is 0.483 e. The number of thiophene rings is 1. The highest BCUT2D eigenvalue weighted by Crippen LogP contribution is 2.37. The number of primary amides is 1. The maximum Gasteiger partial charge on any atom is 0.351 e. The van der Waals surface area contributed by atoms with Crippen LogP contribution in [0.4, 0.5) is 8.78 Å². The Hall–Kier alpha value is -3.28. The van der Waals surface area contributed by atoms with Crippen molar-refractivity contribution in [2.24, 2.45) is 17.4 Å². The minimum absolute atomic E-state index is 0.0341. The lowest BCUT2D eigenvalue weighted by Gasteiger charge is -2.14. The second-order valence-electron chi connectivity index (χ2n) is 7.73. The lowest BCUT2D eigenvalue weighted by atomic mass is 10.1. The Kier molecular flexibility index (Phi) is 8.26. The fourth-order valence-electron chi connectivity index (χ4n) is 3.03. The van der Waals surface area contributed by atoms with Gasteiger partial charge in [0.05, 0.1) is 0 Å². The van der Waals surface area contributed by atoms with E-state index in [-0.39, 0.29) is 26.9 Å². The number of nitrogens with two attached hydrogens (primary N) is 2. The number of hydrogen-bond donors (Lipinski definition) is 2. The minimum atomic E-state index is -1.15. The second-order valence-corrected chi connectivity index (χ2v) is 9.19. The Balaban J connectivity index is 1.85. The fourth-order valence-corrected chi connectivity index (χ4v) is 4.50. The maximum atomic E-state index is 14.4. The average Bonchev–Trinajstić information content (AvgIpc) is 3.17. The quantitative estimate of drug-likeness (QED) is 0.316. The summed E-state index contributed by atoms with van der Waals surface area (Å²) in [7, 11) is 0. The number of halogens is 3. The van der Waals surface area contributed by atoms with Crippen molar-refractivity contribution in [3.63, 3.8) is 0 Å². The molecule has 0 aliphatic heterocycles. The Bertz CT molecular complexity index is 1270. The van der Waals surface area contributed by atoms with Crippen LogP contribution in [0.15, 0.2) is 30.3 Å². The summed E-state index contributed by atoms with van der Waals surface area (Å²) in [6.07, 6.45) is 0. The number of benzene rings is 2. The summed E-state index contributed by atoms with van der Waals surface area (Å²) in [5.74, 6) is -5.85. The van der Waals surface area contributed by atoms with E-state index in [0.29, 0.717) is 10.1 Å². The van der Waals surface area contributed by atoms with Gasteiger partial charge in [-0.15, -0.1) is 11.3 Å². The number of esters is 2. The van der Waals surface area contributed by atoms with Crippen LogP contribution in [0.2, 0.25) is 5.02 Å². The Morgan fingerprint density at radius 1 is 1.11 bits per heavy atom. The van der Waals surface area contributed by atoms with Gasteiger partial charge >= 0.3 is 11.9 Å². The van der Waals surface area contributed by atoms with Gasteiger partial charge in [0, 0.05) is 26.2 Å². The highest BCUT2D eigenvalue weighted by Gasteiger charge is 2.25. The summed E-state index contributed by atoms with van der Waals surface area (Å²) >= 11 is 7.32. The Morgan fingerprint density at radius 2 is 1.77 bits per heavy atom. The number of carbonyl (C=O) groups excluding carboxylic acids is 3. The first-order valence-electron chi connectivity index (χ1n) is 10.2. The summed E-state index contributed by atoms with van der Waals surface area (Å²) in [4.78, 5) is 35.9. The molecule has 1 atom stereocenters. The van der Waals surface area contributed by atoms with Crippen molar-refractivity contribution >= 4 is 50.9 Å². The summed E-state index contributed by atoms with van der Waals surface area (Å²) in [5.41, 5.74) is 10.6. The van der Waals surface area contributed by atoms with Gasteiger partial charge in [0.15, 0.2) is 17.4 Å². The number of ether oxygens (including phenoxy) is 3. The molecule has 3 rings (SSSR count). The molecular weight excluding hydrogens is 506 g/mol. The molecule has 12 heteroatoms. The molecule has 4 N–H and O–H groups in total. The van der Waals surface area contributed by atoms with E-state index in [1.165, 1.54) is 0 Å². The van der Waals surface area contributed by atoms with Gasteiger partial charge in [0.25, 0.3) is 0 Å². The first-order valence-corrected chi connectivity index (χ1v) is 11.4. The van der Waals surface area contributed by atoms with E-state index >= 15 is 0 Å². The zero-order valence-corrected chi connectivity index (χ0v) is 20.2. The van der Waals surface area contributed by atoms with Gasteiger partial charge in [-0.05, 0) is 30.2 Å². The van der Waals surface area contributed by atoms with E-state index in [4.69, 9.17) is 37.3 Å². The van der Waals surface area contributed by atoms with E-state index in [2.05, 4.69) is 0 Å². The van der Waals surface area contributed by atoms with Gasteiger partial charge in [-0.1, -0.05) is 31.5 Å². The molecule has 186 valence electrons. The zero-order chi connectivity index (χ0) is 25.9. The van der Waals surface area contributed by atoms with Crippen LogP contribution in [0.5, 0.6) is 5.75 Å². The SMILES string of the molecule is CC(C)[C@H](N)C(=O)OCOC(=O)c1sc2cccc(Cl)c2c1COc1c(F)cc(C(N)=O)cc1F. The molecule has 8 nitrogen and oxygen atoms in total. The van der Waals surface area contributed by atoms with Crippen LogP contribution in [0, 0.1) is 17.6 Å². The third kappa shape index (κ3) is 5.87. The molecule has 0 unspecified atom stereocenters. The molecule has 1 aromatic heterocycles. The zero-order valence-electron chi connectivity index (χ0n) is 18.6. The molecule has 3 aromatic rings. The lowest BCUT2D eigenvalue weighted by molar-refractivity contribution is -0.154. The molecule has 0 bridgehead atoms. The van der Waals surface area contributed by atoms with Crippen LogP contribution in [0.1, 0.15) is 39.4 Å². The minimum Gasteiger partial charge on any atom is -0.483 e. The first kappa shape index (κ1) is 26.3. The highest BCUT2D eigenvalue weighted by molar-refractivity contribution is 7.21. The number of hydrogen-bond acceptors (Lipinski definition) is 8. The van der Waals surface area contributed by atoms with Gasteiger partial charge in [0.1, 0.15) is 17.5 Å². The molecule has 0 aliphatic rings. The average molecular weight is 527 g/mol. The van der Waals surface area contributed by atoms with Crippen molar-refractivity contribution in [2.75, 3.05) is 6.79 Å². The summed E-state index contributed by atoms with van der Waals surface area (Å²) < 4.78 is 44.6. The van der Waals surface area contributed by atoms with Crippen LogP contribution >= 0.6 is 22.9 Å². The van der Waals surface area contributed by atoms with Crippen LogP contribution in [-0.2, 0) is 20.9 Å². The number of amides is 1. The predicted octanol–water partition coefficient (Wildman–Crippen LogP) is 4.15. The van der Waals surface area contributed by atoms with Gasteiger partial charge in [-0.2, -0.15) is 0 Å². The van der Waals surface area contributed by atoms with Gasteiger partial charge in [-0.3, -0.25) is 9.59 Å². The Labute approximate surface area is 207 Å². The summed E-state index contributed by atoms with van der Waals surface area (Å²) in [6, 6.07) is 5.53. The Morgan fingerprint density at radius 3 is 2.37 bits per heavy atom. The lowest BCUT2D eigenvalue weighted by Crippen LogP contribution is -2.37. The first-order chi connectivity index (χ1) is 16.5. The smallest absolute Gasteiger partial charge is 0.351 e. The number of carbonyl (C=O) groups is 3. The monoisotopic (exact) mass is 526 g/mol. The third-order valence-corrected chi connectivity index (χ3v) is 6.47. The molecule has 0 saturated heterocycles. The third-order valence-electron chi connectivity index (χ3n) is 4.97. The molecule has 1 heterocycles. The molecule has 0 fully saturated rings. The molecule has 0 radical (unpaired) electrons. The second kappa shape index (κ2) is 11.0. The van der Waals surface area contributed by atoms with E-state index < -0.39 is 54.7 Å². The van der Waals surface area contributed by atoms with E-state index in [9.17, 15) is 23.2 Å². The summed E-state index contributed by atoms with van der Waals surface area (Å²) in [5, 5.41) is 0.704. The van der Waals surface area contributed by atoms with Crippen molar-refractivity contribution < 1.29 is 37.4 Å². The van der Waals surface area contributed by atoms with Crippen molar-refractivity contribution in [3.8, 4) is 5.75 Å².